The molecule has 3 rings (SSSR count). The standard InChI is InChI=1S/C22H24ClN5O5S2/c1-4-20(28(34(3,30)31)18-7-5-6-16(23)14-18)21(29)26-17-8-10-19(11-9-17)35(32,33)27-22-24-13-12-15(2)25-22/h5-14,20H,4H2,1-3H3,(H,26,29)(H,24,25,27)/t20-/m0/s1. The number of rotatable bonds is 9. The number of aromatic nitrogens is 2. The van der Waals surface area contributed by atoms with E-state index in [1.807, 2.05) is 0 Å². The van der Waals surface area contributed by atoms with E-state index in [4.69, 9.17) is 11.6 Å². The SMILES string of the molecule is CC[C@@H](C(=O)Nc1ccc(S(=O)(=O)Nc2nccc(C)n2)cc1)N(c1cccc(Cl)c1)S(C)(=O)=O. The van der Waals surface area contributed by atoms with Crippen molar-refractivity contribution in [2.75, 3.05) is 20.6 Å². The highest BCUT2D eigenvalue weighted by molar-refractivity contribution is 7.92. The second-order valence-corrected chi connectivity index (χ2v) is 11.6. The Balaban J connectivity index is 1.80. The number of hydrogen-bond acceptors (Lipinski definition) is 7. The fraction of sp³-hybridized carbons (Fsp3) is 0.227. The van der Waals surface area contributed by atoms with E-state index in [0.717, 1.165) is 10.6 Å². The molecule has 0 unspecified atom stereocenters. The Bertz CT molecular complexity index is 1430. The molecule has 1 heterocycles. The lowest BCUT2D eigenvalue weighted by Crippen LogP contribution is -2.47. The Morgan fingerprint density at radius 1 is 1.09 bits per heavy atom. The van der Waals surface area contributed by atoms with Crippen LogP contribution in [0.15, 0.2) is 65.7 Å². The predicted molar refractivity (Wildman–Crippen MR) is 136 cm³/mol. The number of anilines is 3. The van der Waals surface area contributed by atoms with Gasteiger partial charge < -0.3 is 5.32 Å². The van der Waals surface area contributed by atoms with Crippen LogP contribution in [-0.2, 0) is 24.8 Å². The molecule has 35 heavy (non-hydrogen) atoms. The first kappa shape index (κ1) is 26.4. The lowest BCUT2D eigenvalue weighted by atomic mass is 10.2. The molecular formula is C22H24ClN5O5S2. The molecule has 0 saturated carbocycles. The zero-order valence-corrected chi connectivity index (χ0v) is 21.5. The number of amides is 1. The number of aryl methyl sites for hydroxylation is 1. The van der Waals surface area contributed by atoms with Crippen molar-refractivity contribution in [1.82, 2.24) is 9.97 Å². The summed E-state index contributed by atoms with van der Waals surface area (Å²) >= 11 is 6.02. The molecule has 0 radical (unpaired) electrons. The summed E-state index contributed by atoms with van der Waals surface area (Å²) in [4.78, 5) is 20.9. The minimum atomic E-state index is -3.96. The first-order valence-electron chi connectivity index (χ1n) is 10.4. The van der Waals surface area contributed by atoms with Crippen molar-refractivity contribution in [2.24, 2.45) is 0 Å². The normalized spacial score (nSPS) is 12.6. The van der Waals surface area contributed by atoms with Crippen LogP contribution in [0.25, 0.3) is 0 Å². The van der Waals surface area contributed by atoms with Crippen LogP contribution in [0, 0.1) is 6.92 Å². The monoisotopic (exact) mass is 537 g/mol. The number of benzene rings is 2. The van der Waals surface area contributed by atoms with Crippen LogP contribution in [0.3, 0.4) is 0 Å². The van der Waals surface area contributed by atoms with Crippen LogP contribution in [0.1, 0.15) is 19.0 Å². The van der Waals surface area contributed by atoms with E-state index < -0.39 is 32.0 Å². The molecular weight excluding hydrogens is 514 g/mol. The minimum absolute atomic E-state index is 0.0601. The molecule has 1 amide bonds. The zero-order valence-electron chi connectivity index (χ0n) is 19.1. The summed E-state index contributed by atoms with van der Waals surface area (Å²) < 4.78 is 53.6. The molecule has 0 bridgehead atoms. The number of halogens is 1. The van der Waals surface area contributed by atoms with E-state index in [-0.39, 0.29) is 23.0 Å². The Labute approximate surface area is 209 Å². The molecule has 0 aliphatic heterocycles. The van der Waals surface area contributed by atoms with Crippen molar-refractivity contribution in [3.8, 4) is 0 Å². The summed E-state index contributed by atoms with van der Waals surface area (Å²) in [6.07, 6.45) is 2.62. The van der Waals surface area contributed by atoms with Crippen molar-refractivity contribution < 1.29 is 21.6 Å². The van der Waals surface area contributed by atoms with Gasteiger partial charge in [0.2, 0.25) is 21.9 Å². The highest BCUT2D eigenvalue weighted by Gasteiger charge is 2.31. The molecule has 1 aromatic heterocycles. The number of sulfonamides is 2. The maximum Gasteiger partial charge on any atom is 0.264 e. The fourth-order valence-electron chi connectivity index (χ4n) is 3.29. The highest BCUT2D eigenvalue weighted by atomic mass is 35.5. The van der Waals surface area contributed by atoms with Crippen LogP contribution in [-0.4, -0.2) is 45.0 Å². The van der Waals surface area contributed by atoms with Gasteiger partial charge >= 0.3 is 0 Å². The van der Waals surface area contributed by atoms with Crippen molar-refractivity contribution in [1.29, 1.82) is 0 Å². The molecule has 0 spiro atoms. The van der Waals surface area contributed by atoms with Crippen molar-refractivity contribution in [3.63, 3.8) is 0 Å². The molecule has 0 aliphatic rings. The third kappa shape index (κ3) is 6.68. The second kappa shape index (κ2) is 10.6. The summed E-state index contributed by atoms with van der Waals surface area (Å²) in [6, 6.07) is 12.2. The predicted octanol–water partition coefficient (Wildman–Crippen LogP) is 3.42. The third-order valence-electron chi connectivity index (χ3n) is 4.85. The Morgan fingerprint density at radius 2 is 1.77 bits per heavy atom. The molecule has 2 aromatic carbocycles. The van der Waals surface area contributed by atoms with Crippen LogP contribution in [0.5, 0.6) is 0 Å². The summed E-state index contributed by atoms with van der Waals surface area (Å²) in [6.45, 7) is 3.39. The van der Waals surface area contributed by atoms with Crippen molar-refractivity contribution in [3.05, 3.63) is 71.5 Å². The van der Waals surface area contributed by atoms with E-state index in [1.165, 1.54) is 36.5 Å². The fourth-order valence-corrected chi connectivity index (χ4v) is 5.63. The first-order valence-corrected chi connectivity index (χ1v) is 14.1. The van der Waals surface area contributed by atoms with Gasteiger partial charge in [-0.25, -0.2) is 31.5 Å². The van der Waals surface area contributed by atoms with Crippen LogP contribution in [0.4, 0.5) is 17.3 Å². The average Bonchev–Trinajstić information content (AvgIpc) is 2.76. The summed E-state index contributed by atoms with van der Waals surface area (Å²) in [7, 11) is -7.78. The van der Waals surface area contributed by atoms with Gasteiger partial charge in [0, 0.05) is 22.6 Å². The van der Waals surface area contributed by atoms with E-state index >= 15 is 0 Å². The van der Waals surface area contributed by atoms with Crippen LogP contribution in [0.2, 0.25) is 5.02 Å². The van der Waals surface area contributed by atoms with Gasteiger partial charge in [0.1, 0.15) is 6.04 Å². The summed E-state index contributed by atoms with van der Waals surface area (Å²) in [5.41, 5.74) is 1.15. The van der Waals surface area contributed by atoms with Gasteiger partial charge in [-0.3, -0.25) is 9.10 Å². The smallest absolute Gasteiger partial charge is 0.264 e. The van der Waals surface area contributed by atoms with Gasteiger partial charge in [0.15, 0.2) is 0 Å². The lowest BCUT2D eigenvalue weighted by Gasteiger charge is -2.30. The quantitative estimate of drug-likeness (QED) is 0.426. The maximum absolute atomic E-state index is 13.0. The average molecular weight is 538 g/mol. The van der Waals surface area contributed by atoms with Gasteiger partial charge in [-0.05, 0) is 61.9 Å². The molecule has 3 aromatic rings. The number of hydrogen-bond donors (Lipinski definition) is 2. The molecule has 0 saturated heterocycles. The van der Waals surface area contributed by atoms with Gasteiger partial charge in [-0.2, -0.15) is 0 Å². The highest BCUT2D eigenvalue weighted by Crippen LogP contribution is 2.26. The second-order valence-electron chi connectivity index (χ2n) is 7.60. The van der Waals surface area contributed by atoms with E-state index in [2.05, 4.69) is 20.0 Å². The number of nitrogens with one attached hydrogen (secondary N) is 2. The molecule has 13 heteroatoms. The minimum Gasteiger partial charge on any atom is -0.324 e. The third-order valence-corrected chi connectivity index (χ3v) is 7.60. The van der Waals surface area contributed by atoms with Gasteiger partial charge in [-0.15, -0.1) is 0 Å². The summed E-state index contributed by atoms with van der Waals surface area (Å²) in [5.74, 6) is -0.644. The number of carbonyl (C=O) groups is 1. The largest absolute Gasteiger partial charge is 0.324 e. The molecule has 186 valence electrons. The van der Waals surface area contributed by atoms with Crippen molar-refractivity contribution >= 4 is 54.9 Å². The van der Waals surface area contributed by atoms with Crippen molar-refractivity contribution in [2.45, 2.75) is 31.2 Å². The summed E-state index contributed by atoms with van der Waals surface area (Å²) in [5, 5.41) is 2.97. The van der Waals surface area contributed by atoms with E-state index in [9.17, 15) is 21.6 Å². The molecule has 10 nitrogen and oxygen atoms in total. The Kier molecular flexibility index (Phi) is 7.98. The van der Waals surface area contributed by atoms with Crippen LogP contribution < -0.4 is 14.3 Å². The number of carbonyl (C=O) groups excluding carboxylic acids is 1. The maximum atomic E-state index is 13.0. The van der Waals surface area contributed by atoms with Gasteiger partial charge in [0.05, 0.1) is 16.8 Å². The van der Waals surface area contributed by atoms with Gasteiger partial charge in [-0.1, -0.05) is 24.6 Å². The zero-order chi connectivity index (χ0) is 25.8. The molecule has 0 aliphatic carbocycles. The molecule has 2 N–H and O–H groups in total. The first-order chi connectivity index (χ1) is 16.4. The van der Waals surface area contributed by atoms with Gasteiger partial charge in [0.25, 0.3) is 10.0 Å². The lowest BCUT2D eigenvalue weighted by molar-refractivity contribution is -0.117. The topological polar surface area (TPSA) is 138 Å². The molecule has 0 fully saturated rings. The number of nitrogens with zero attached hydrogens (tertiary/aromatic N) is 3. The Morgan fingerprint density at radius 3 is 2.34 bits per heavy atom. The van der Waals surface area contributed by atoms with E-state index in [1.54, 1.807) is 38.1 Å². The van der Waals surface area contributed by atoms with Crippen LogP contribution >= 0.6 is 11.6 Å². The molecule has 1 atom stereocenters. The Hall–Kier alpha value is -3.22. The van der Waals surface area contributed by atoms with E-state index in [0.29, 0.717) is 16.4 Å².